The van der Waals surface area contributed by atoms with E-state index in [4.69, 9.17) is 19.1 Å². The first-order valence-electron chi connectivity index (χ1n) is 11.5. The molecule has 9 heteroatoms. The maximum Gasteiger partial charge on any atom is 0.212 e. The minimum Gasteiger partial charge on any atom is -0.481 e. The van der Waals surface area contributed by atoms with Gasteiger partial charge >= 0.3 is 0 Å². The van der Waals surface area contributed by atoms with E-state index in [0.29, 0.717) is 12.2 Å². The van der Waals surface area contributed by atoms with Crippen molar-refractivity contribution in [2.45, 2.75) is 6.42 Å². The smallest absolute Gasteiger partial charge is 0.212 e. The summed E-state index contributed by atoms with van der Waals surface area (Å²) in [7, 11) is 3.79. The number of fused-ring (bicyclic) bond motifs is 1. The van der Waals surface area contributed by atoms with E-state index < -0.39 is 0 Å². The quantitative estimate of drug-likeness (QED) is 0.407. The number of aliphatic hydroxyl groups is 1. The number of aromatic amines is 1. The van der Waals surface area contributed by atoms with Gasteiger partial charge in [0.1, 0.15) is 11.9 Å². The van der Waals surface area contributed by atoms with Crippen molar-refractivity contribution in [2.24, 2.45) is 0 Å². The fourth-order valence-electron chi connectivity index (χ4n) is 3.65. The zero-order valence-corrected chi connectivity index (χ0v) is 20.3. The molecular formula is C26H33N5O4. The Labute approximate surface area is 205 Å². The van der Waals surface area contributed by atoms with Crippen molar-refractivity contribution >= 4 is 17.3 Å². The number of aliphatic hydroxyl groups excluding tert-OH is 1. The molecule has 1 aliphatic rings. The second-order valence-corrected chi connectivity index (χ2v) is 8.06. The Balaban J connectivity index is 0.000000177. The lowest BCUT2D eigenvalue weighted by atomic mass is 10.1. The van der Waals surface area contributed by atoms with Crippen molar-refractivity contribution in [3.05, 3.63) is 66.7 Å². The lowest BCUT2D eigenvalue weighted by molar-refractivity contribution is -0.110. The number of hydrogen-bond donors (Lipinski definition) is 2. The van der Waals surface area contributed by atoms with Crippen molar-refractivity contribution < 1.29 is 19.1 Å². The molecule has 0 atom stereocenters. The predicted octanol–water partition coefficient (Wildman–Crippen LogP) is 2.88. The zero-order chi connectivity index (χ0) is 24.9. The van der Waals surface area contributed by atoms with Crippen molar-refractivity contribution in [2.75, 3.05) is 53.5 Å². The first kappa shape index (κ1) is 26.1. The molecule has 0 unspecified atom stereocenters. The minimum absolute atomic E-state index is 0.361. The van der Waals surface area contributed by atoms with E-state index in [0.717, 1.165) is 29.8 Å². The van der Waals surface area contributed by atoms with Gasteiger partial charge in [0.25, 0.3) is 0 Å². The largest absolute Gasteiger partial charge is 0.481 e. The summed E-state index contributed by atoms with van der Waals surface area (Å²) < 4.78 is 10.5. The summed E-state index contributed by atoms with van der Waals surface area (Å²) in [5.74, 6) is 0.614. The Bertz CT molecular complexity index is 1120. The van der Waals surface area contributed by atoms with E-state index in [9.17, 15) is 0 Å². The van der Waals surface area contributed by atoms with E-state index in [2.05, 4.69) is 44.2 Å². The Morgan fingerprint density at radius 3 is 2.54 bits per heavy atom. The van der Waals surface area contributed by atoms with Crippen LogP contribution in [0.3, 0.4) is 0 Å². The van der Waals surface area contributed by atoms with Crippen LogP contribution in [-0.2, 0) is 11.2 Å². The van der Waals surface area contributed by atoms with Gasteiger partial charge in [-0.1, -0.05) is 18.2 Å². The molecule has 1 aromatic carbocycles. The summed E-state index contributed by atoms with van der Waals surface area (Å²) in [5.41, 5.74) is 4.30. The number of likely N-dealkylation sites (N-methyl/N-ethyl adjacent to an activating group) is 1. The highest BCUT2D eigenvalue weighted by molar-refractivity contribution is 5.80. The molecular weight excluding hydrogens is 446 g/mol. The van der Waals surface area contributed by atoms with E-state index in [1.807, 2.05) is 36.6 Å². The number of aldehydes is 1. The normalized spacial score (nSPS) is 13.9. The number of rotatable bonds is 6. The van der Waals surface area contributed by atoms with Crippen LogP contribution in [0.1, 0.15) is 5.56 Å². The number of nitrogens with zero attached hydrogens (tertiary/aromatic N) is 4. The molecule has 0 amide bonds. The number of aromatic nitrogens is 3. The molecule has 0 bridgehead atoms. The first-order chi connectivity index (χ1) is 17.1. The van der Waals surface area contributed by atoms with Gasteiger partial charge in [0.05, 0.1) is 25.7 Å². The number of methoxy groups -OCH3 is 1. The second kappa shape index (κ2) is 14.0. The second-order valence-electron chi connectivity index (χ2n) is 8.06. The van der Waals surface area contributed by atoms with Gasteiger partial charge in [0, 0.05) is 62.1 Å². The number of carbonyl (C=O) groups is 1. The van der Waals surface area contributed by atoms with Crippen LogP contribution in [0.15, 0.2) is 65.5 Å². The van der Waals surface area contributed by atoms with Crippen molar-refractivity contribution in [3.8, 4) is 17.1 Å². The number of ether oxygens (including phenoxy) is 1. The van der Waals surface area contributed by atoms with Gasteiger partial charge < -0.3 is 28.9 Å². The van der Waals surface area contributed by atoms with Gasteiger partial charge in [-0.25, -0.2) is 4.98 Å². The first-order valence-corrected chi connectivity index (χ1v) is 11.5. The van der Waals surface area contributed by atoms with E-state index in [1.165, 1.54) is 37.1 Å². The lowest BCUT2D eigenvalue weighted by Crippen LogP contribution is -2.45. The highest BCUT2D eigenvalue weighted by Crippen LogP contribution is 2.21. The SMILES string of the molecule is CN1CCN(CCc2coc3ccccc23)CC1.COc1ccc(-c2ccn[nH]2)cn1.O=CCO. The Kier molecular flexibility index (Phi) is 10.4. The molecule has 2 N–H and O–H groups in total. The molecule has 4 heterocycles. The van der Waals surface area contributed by atoms with Crippen LogP contribution < -0.4 is 4.74 Å². The molecule has 186 valence electrons. The van der Waals surface area contributed by atoms with Crippen LogP contribution in [0.5, 0.6) is 5.88 Å². The van der Waals surface area contributed by atoms with Crippen LogP contribution in [0, 0.1) is 0 Å². The Morgan fingerprint density at radius 2 is 1.91 bits per heavy atom. The van der Waals surface area contributed by atoms with Gasteiger partial charge in [0.2, 0.25) is 5.88 Å². The molecule has 3 aromatic heterocycles. The van der Waals surface area contributed by atoms with E-state index in [1.54, 1.807) is 19.5 Å². The molecule has 5 rings (SSSR count). The maximum absolute atomic E-state index is 8.92. The van der Waals surface area contributed by atoms with Crippen LogP contribution in [0.25, 0.3) is 22.2 Å². The number of piperazine rings is 1. The highest BCUT2D eigenvalue weighted by Gasteiger charge is 2.14. The number of H-pyrrole nitrogens is 1. The maximum atomic E-state index is 8.92. The van der Waals surface area contributed by atoms with Gasteiger partial charge in [-0.3, -0.25) is 5.10 Å². The number of nitrogens with one attached hydrogen (secondary N) is 1. The number of pyridine rings is 1. The third kappa shape index (κ3) is 8.03. The van der Waals surface area contributed by atoms with Gasteiger partial charge in [-0.2, -0.15) is 5.10 Å². The molecule has 1 saturated heterocycles. The summed E-state index contributed by atoms with van der Waals surface area (Å²) in [4.78, 5) is 17.9. The molecule has 1 aliphatic heterocycles. The Hall–Kier alpha value is -3.53. The van der Waals surface area contributed by atoms with Gasteiger partial charge in [0.15, 0.2) is 0 Å². The minimum atomic E-state index is -0.361. The fraction of sp³-hybridized carbons (Fsp3) is 0.346. The Morgan fingerprint density at radius 1 is 1.14 bits per heavy atom. The number of benzene rings is 1. The van der Waals surface area contributed by atoms with E-state index >= 15 is 0 Å². The van der Waals surface area contributed by atoms with Gasteiger partial charge in [-0.15, -0.1) is 0 Å². The monoisotopic (exact) mass is 479 g/mol. The van der Waals surface area contributed by atoms with Crippen LogP contribution >= 0.6 is 0 Å². The summed E-state index contributed by atoms with van der Waals surface area (Å²) in [6.45, 7) is 5.52. The molecule has 0 radical (unpaired) electrons. The average Bonchev–Trinajstić information content (AvgIpc) is 3.60. The average molecular weight is 480 g/mol. The molecule has 0 saturated carbocycles. The van der Waals surface area contributed by atoms with Crippen molar-refractivity contribution in [1.82, 2.24) is 25.0 Å². The predicted molar refractivity (Wildman–Crippen MR) is 135 cm³/mol. The van der Waals surface area contributed by atoms with E-state index in [-0.39, 0.29) is 6.61 Å². The standard InChI is InChI=1S/C15H20N2O.C9H9N3O.C2H4O2/c1-16-8-10-17(11-9-16)7-6-13-12-18-15-5-3-2-4-14(13)15;1-13-9-3-2-7(6-10-9)8-4-5-11-12-8;3-1-2-4/h2-5,12H,6-11H2,1H3;2-6H,1H3,(H,11,12);1,4H,2H2. The molecule has 0 aliphatic carbocycles. The van der Waals surface area contributed by atoms with Crippen molar-refractivity contribution in [1.29, 1.82) is 0 Å². The zero-order valence-electron chi connectivity index (χ0n) is 20.3. The number of hydrogen-bond acceptors (Lipinski definition) is 8. The third-order valence-electron chi connectivity index (χ3n) is 5.69. The molecule has 9 nitrogen and oxygen atoms in total. The topological polar surface area (TPSA) is 108 Å². The van der Waals surface area contributed by atoms with Crippen LogP contribution in [0.2, 0.25) is 0 Å². The fourth-order valence-corrected chi connectivity index (χ4v) is 3.65. The summed E-state index contributed by atoms with van der Waals surface area (Å²) >= 11 is 0. The molecule has 35 heavy (non-hydrogen) atoms. The van der Waals surface area contributed by atoms with Gasteiger partial charge in [-0.05, 0) is 37.2 Å². The number of furan rings is 1. The summed E-state index contributed by atoms with van der Waals surface area (Å²) in [6, 6.07) is 13.9. The number of para-hydroxylation sites is 1. The number of carbonyl (C=O) groups excluding carboxylic acids is 1. The molecule has 4 aromatic rings. The van der Waals surface area contributed by atoms with Crippen molar-refractivity contribution in [3.63, 3.8) is 0 Å². The van der Waals surface area contributed by atoms with Crippen LogP contribution in [-0.4, -0.2) is 89.9 Å². The van der Waals surface area contributed by atoms with Crippen LogP contribution in [0.4, 0.5) is 0 Å². The summed E-state index contributed by atoms with van der Waals surface area (Å²) in [5, 5.41) is 15.5. The summed E-state index contributed by atoms with van der Waals surface area (Å²) in [6.07, 6.45) is 6.88. The third-order valence-corrected chi connectivity index (χ3v) is 5.69. The lowest BCUT2D eigenvalue weighted by Gasteiger charge is -2.32. The molecule has 0 spiro atoms. The molecule has 1 fully saturated rings. The highest BCUT2D eigenvalue weighted by atomic mass is 16.5.